The van der Waals surface area contributed by atoms with Crippen molar-refractivity contribution in [3.63, 3.8) is 0 Å². The Hall–Kier alpha value is -2.08. The second-order valence-electron chi connectivity index (χ2n) is 7.60. The summed E-state index contributed by atoms with van der Waals surface area (Å²) in [4.78, 5) is 39.4. The maximum atomic E-state index is 12.6. The van der Waals surface area contributed by atoms with E-state index in [0.717, 1.165) is 25.7 Å². The normalized spacial score (nSPS) is 16.9. The third kappa shape index (κ3) is 7.35. The van der Waals surface area contributed by atoms with Gasteiger partial charge >= 0.3 is 5.97 Å². The number of benzene rings is 1. The fourth-order valence-electron chi connectivity index (χ4n) is 3.31. The van der Waals surface area contributed by atoms with E-state index in [1.54, 1.807) is 29.2 Å². The van der Waals surface area contributed by atoms with Crippen LogP contribution in [0.2, 0.25) is 5.02 Å². The van der Waals surface area contributed by atoms with Crippen LogP contribution in [0.25, 0.3) is 0 Å². The van der Waals surface area contributed by atoms with Crippen LogP contribution < -0.4 is 5.32 Å². The van der Waals surface area contributed by atoms with Gasteiger partial charge in [-0.15, -0.1) is 0 Å². The van der Waals surface area contributed by atoms with Gasteiger partial charge in [0, 0.05) is 23.7 Å². The average Bonchev–Trinajstić information content (AvgIpc) is 2.69. The number of nitrogens with one attached hydrogen (secondary N) is 1. The van der Waals surface area contributed by atoms with Crippen molar-refractivity contribution in [3.05, 3.63) is 34.9 Å². The van der Waals surface area contributed by atoms with Crippen LogP contribution in [-0.2, 0) is 14.3 Å². The molecule has 1 saturated heterocycles. The summed E-state index contributed by atoms with van der Waals surface area (Å²) in [5, 5.41) is 3.27. The molecule has 0 spiro atoms. The van der Waals surface area contributed by atoms with E-state index in [0.29, 0.717) is 30.1 Å². The van der Waals surface area contributed by atoms with Crippen LogP contribution in [0, 0.1) is 5.92 Å². The van der Waals surface area contributed by atoms with Crippen LogP contribution in [0.3, 0.4) is 0 Å². The Bertz CT molecular complexity index is 685. The molecule has 0 bridgehead atoms. The van der Waals surface area contributed by atoms with Gasteiger partial charge in [-0.3, -0.25) is 9.59 Å². The van der Waals surface area contributed by atoms with Gasteiger partial charge < -0.3 is 15.0 Å². The lowest BCUT2D eigenvalue weighted by molar-refractivity contribution is -0.154. The number of hydrogen-bond acceptors (Lipinski definition) is 4. The molecule has 2 amide bonds. The highest BCUT2D eigenvalue weighted by Gasteiger charge is 2.29. The molecule has 7 heteroatoms. The summed E-state index contributed by atoms with van der Waals surface area (Å²) in [5.41, 5.74) is 0.409. The highest BCUT2D eigenvalue weighted by molar-refractivity contribution is 6.30. The van der Waals surface area contributed by atoms with E-state index in [4.69, 9.17) is 16.3 Å². The molecule has 29 heavy (non-hydrogen) atoms. The number of ether oxygens (including phenoxy) is 1. The molecule has 2 atom stereocenters. The summed E-state index contributed by atoms with van der Waals surface area (Å²) in [6.07, 6.45) is 6.09. The Morgan fingerprint density at radius 3 is 2.24 bits per heavy atom. The molecule has 6 nitrogen and oxygen atoms in total. The van der Waals surface area contributed by atoms with E-state index in [9.17, 15) is 14.4 Å². The van der Waals surface area contributed by atoms with Gasteiger partial charge in [0.2, 0.25) is 0 Å². The van der Waals surface area contributed by atoms with Gasteiger partial charge in [0.1, 0.15) is 6.04 Å². The lowest BCUT2D eigenvalue weighted by Gasteiger charge is -2.26. The number of carbonyl (C=O) groups excluding carboxylic acids is 3. The Morgan fingerprint density at radius 2 is 1.66 bits per heavy atom. The number of nitrogens with zero attached hydrogens (tertiary/aromatic N) is 1. The Labute approximate surface area is 177 Å². The van der Waals surface area contributed by atoms with Gasteiger partial charge in [-0.25, -0.2) is 4.79 Å². The van der Waals surface area contributed by atoms with Crippen molar-refractivity contribution in [2.24, 2.45) is 5.92 Å². The number of amides is 2. The van der Waals surface area contributed by atoms with E-state index in [2.05, 4.69) is 5.32 Å². The molecule has 0 radical (unpaired) electrons. The molecule has 0 aliphatic carbocycles. The summed E-state index contributed by atoms with van der Waals surface area (Å²) < 4.78 is 5.30. The van der Waals surface area contributed by atoms with Crippen LogP contribution in [-0.4, -0.2) is 48.4 Å². The van der Waals surface area contributed by atoms with Crippen LogP contribution in [0.5, 0.6) is 0 Å². The van der Waals surface area contributed by atoms with E-state index in [-0.39, 0.29) is 24.3 Å². The number of likely N-dealkylation sites (tertiary alicyclic amines) is 1. The smallest absolute Gasteiger partial charge is 0.329 e. The molecular weight excluding hydrogens is 392 g/mol. The van der Waals surface area contributed by atoms with Crippen LogP contribution in [0.1, 0.15) is 62.7 Å². The minimum atomic E-state index is -0.816. The second kappa shape index (κ2) is 11.8. The Morgan fingerprint density at radius 1 is 1.07 bits per heavy atom. The first kappa shape index (κ1) is 23.2. The predicted octanol–water partition coefficient (Wildman–Crippen LogP) is 3.82. The summed E-state index contributed by atoms with van der Waals surface area (Å²) >= 11 is 5.86. The summed E-state index contributed by atoms with van der Waals surface area (Å²) in [7, 11) is 0. The molecule has 1 N–H and O–H groups in total. The Balaban J connectivity index is 1.94. The zero-order valence-corrected chi connectivity index (χ0v) is 18.0. The summed E-state index contributed by atoms with van der Waals surface area (Å²) in [6.45, 7) is 4.93. The van der Waals surface area contributed by atoms with Gasteiger partial charge in [0.25, 0.3) is 11.8 Å². The van der Waals surface area contributed by atoms with Crippen LogP contribution >= 0.6 is 11.6 Å². The molecule has 0 saturated carbocycles. The van der Waals surface area contributed by atoms with Gasteiger partial charge in [0.05, 0.1) is 0 Å². The predicted molar refractivity (Wildman–Crippen MR) is 113 cm³/mol. The van der Waals surface area contributed by atoms with E-state index < -0.39 is 12.0 Å². The molecule has 1 heterocycles. The molecule has 1 aliphatic heterocycles. The van der Waals surface area contributed by atoms with Gasteiger partial charge in [-0.1, -0.05) is 51.1 Å². The minimum absolute atomic E-state index is 0.129. The highest BCUT2D eigenvalue weighted by atomic mass is 35.5. The molecule has 0 aromatic heterocycles. The fraction of sp³-hybridized carbons (Fsp3) is 0.591. The van der Waals surface area contributed by atoms with E-state index in [1.807, 2.05) is 13.8 Å². The molecule has 160 valence electrons. The maximum absolute atomic E-state index is 12.6. The SMILES string of the molecule is CC[C@H](C)[C@H](NC(=O)c1ccc(Cl)cc1)C(=O)OCC(=O)N1CCCCCCC1. The van der Waals surface area contributed by atoms with Crippen molar-refractivity contribution >= 4 is 29.4 Å². The molecule has 2 rings (SSSR count). The quantitative estimate of drug-likeness (QED) is 0.677. The molecular formula is C22H31ClN2O4. The minimum Gasteiger partial charge on any atom is -0.454 e. The standard InChI is InChI=1S/C22H31ClN2O4/c1-3-16(2)20(24-21(27)17-9-11-18(23)12-10-17)22(28)29-15-19(26)25-13-7-5-4-6-8-14-25/h9-12,16,20H,3-8,13-15H2,1-2H3,(H,24,27)/t16-,20-/m0/s1. The highest BCUT2D eigenvalue weighted by Crippen LogP contribution is 2.14. The van der Waals surface area contributed by atoms with Gasteiger partial charge in [-0.05, 0) is 43.0 Å². The van der Waals surface area contributed by atoms with E-state index in [1.165, 1.54) is 6.42 Å². The zero-order chi connectivity index (χ0) is 21.2. The third-order valence-corrected chi connectivity index (χ3v) is 5.66. The average molecular weight is 423 g/mol. The second-order valence-corrected chi connectivity index (χ2v) is 8.04. The number of carbonyl (C=O) groups is 3. The monoisotopic (exact) mass is 422 g/mol. The van der Waals surface area contributed by atoms with E-state index >= 15 is 0 Å². The van der Waals surface area contributed by atoms with Gasteiger partial charge in [-0.2, -0.15) is 0 Å². The lowest BCUT2D eigenvalue weighted by atomic mass is 9.99. The van der Waals surface area contributed by atoms with Crippen molar-refractivity contribution in [2.75, 3.05) is 19.7 Å². The fourth-order valence-corrected chi connectivity index (χ4v) is 3.43. The summed E-state index contributed by atoms with van der Waals surface area (Å²) in [6, 6.07) is 5.62. The zero-order valence-electron chi connectivity index (χ0n) is 17.3. The van der Waals surface area contributed by atoms with Crippen molar-refractivity contribution < 1.29 is 19.1 Å². The molecule has 0 unspecified atom stereocenters. The van der Waals surface area contributed by atoms with Crippen molar-refractivity contribution in [2.45, 2.75) is 58.4 Å². The third-order valence-electron chi connectivity index (χ3n) is 5.41. The van der Waals surface area contributed by atoms with Crippen molar-refractivity contribution in [1.82, 2.24) is 10.2 Å². The molecule has 1 fully saturated rings. The number of hydrogen-bond donors (Lipinski definition) is 1. The number of esters is 1. The van der Waals surface area contributed by atoms with Gasteiger partial charge in [0.15, 0.2) is 6.61 Å². The molecule has 1 aliphatic rings. The lowest BCUT2D eigenvalue weighted by Crippen LogP contribution is -2.47. The Kier molecular flexibility index (Phi) is 9.45. The summed E-state index contributed by atoms with van der Waals surface area (Å²) in [5.74, 6) is -1.26. The first-order chi connectivity index (χ1) is 13.9. The van der Waals surface area contributed by atoms with Crippen LogP contribution in [0.15, 0.2) is 24.3 Å². The number of rotatable bonds is 7. The first-order valence-corrected chi connectivity index (χ1v) is 10.8. The van der Waals surface area contributed by atoms with Crippen LogP contribution in [0.4, 0.5) is 0 Å². The largest absolute Gasteiger partial charge is 0.454 e. The maximum Gasteiger partial charge on any atom is 0.329 e. The topological polar surface area (TPSA) is 75.7 Å². The number of halogens is 1. The van der Waals surface area contributed by atoms with Crippen molar-refractivity contribution in [1.29, 1.82) is 0 Å². The molecule has 1 aromatic rings. The first-order valence-electron chi connectivity index (χ1n) is 10.4. The molecule has 1 aromatic carbocycles. The van der Waals surface area contributed by atoms with Crippen molar-refractivity contribution in [3.8, 4) is 0 Å².